The summed E-state index contributed by atoms with van der Waals surface area (Å²) >= 11 is 0. The highest BCUT2D eigenvalue weighted by Crippen LogP contribution is 2.00. The van der Waals surface area contributed by atoms with Crippen molar-refractivity contribution < 1.29 is 0 Å². The molecule has 5 N–H and O–H groups in total. The third-order valence-corrected chi connectivity index (χ3v) is 1.34. The lowest BCUT2D eigenvalue weighted by Crippen LogP contribution is -2.17. The SMILES string of the molecule is CC(=CN)c1nnc(N)[nH]c1=O. The van der Waals surface area contributed by atoms with Crippen LogP contribution in [0, 0.1) is 0 Å². The van der Waals surface area contributed by atoms with E-state index in [0.717, 1.165) is 0 Å². The van der Waals surface area contributed by atoms with Crippen molar-refractivity contribution in [1.82, 2.24) is 15.2 Å². The van der Waals surface area contributed by atoms with Crippen LogP contribution in [0.25, 0.3) is 5.57 Å². The molecule has 0 bridgehead atoms. The highest BCUT2D eigenvalue weighted by Gasteiger charge is 2.03. The summed E-state index contributed by atoms with van der Waals surface area (Å²) in [6, 6.07) is 0. The highest BCUT2D eigenvalue weighted by molar-refractivity contribution is 5.58. The summed E-state index contributed by atoms with van der Waals surface area (Å²) in [4.78, 5) is 13.4. The zero-order valence-corrected chi connectivity index (χ0v) is 6.53. The number of H-pyrrole nitrogens is 1. The topological polar surface area (TPSA) is 111 Å². The van der Waals surface area contributed by atoms with Gasteiger partial charge in [0, 0.05) is 0 Å². The molecule has 0 radical (unpaired) electrons. The van der Waals surface area contributed by atoms with Crippen LogP contribution in [-0.2, 0) is 0 Å². The van der Waals surface area contributed by atoms with Gasteiger partial charge in [0.2, 0.25) is 5.95 Å². The standard InChI is InChI=1S/C6H9N5O/c1-3(2-7)4-5(12)9-6(8)11-10-4/h2H,7H2,1H3,(H3,8,9,11,12). The van der Waals surface area contributed by atoms with Crippen molar-refractivity contribution in [1.29, 1.82) is 0 Å². The maximum absolute atomic E-state index is 11.1. The number of hydrogen-bond donors (Lipinski definition) is 3. The fourth-order valence-electron chi connectivity index (χ4n) is 0.687. The van der Waals surface area contributed by atoms with Gasteiger partial charge in [-0.1, -0.05) is 0 Å². The van der Waals surface area contributed by atoms with E-state index in [0.29, 0.717) is 5.57 Å². The van der Waals surface area contributed by atoms with Gasteiger partial charge in [-0.3, -0.25) is 9.78 Å². The summed E-state index contributed by atoms with van der Waals surface area (Å²) in [5.74, 6) is -0.00595. The van der Waals surface area contributed by atoms with Gasteiger partial charge in [-0.25, -0.2) is 0 Å². The predicted molar refractivity (Wildman–Crippen MR) is 44.9 cm³/mol. The Labute approximate surface area is 68.3 Å². The van der Waals surface area contributed by atoms with Crippen molar-refractivity contribution in [2.45, 2.75) is 6.92 Å². The molecule has 1 heterocycles. The molecule has 12 heavy (non-hydrogen) atoms. The number of anilines is 1. The third-order valence-electron chi connectivity index (χ3n) is 1.34. The van der Waals surface area contributed by atoms with E-state index in [-0.39, 0.29) is 17.2 Å². The van der Waals surface area contributed by atoms with Crippen LogP contribution in [-0.4, -0.2) is 15.2 Å². The quantitative estimate of drug-likeness (QED) is 0.500. The first-order chi connectivity index (χ1) is 5.65. The minimum atomic E-state index is -0.387. The first kappa shape index (κ1) is 8.25. The van der Waals surface area contributed by atoms with Crippen LogP contribution >= 0.6 is 0 Å². The second-order valence-corrected chi connectivity index (χ2v) is 2.24. The van der Waals surface area contributed by atoms with E-state index in [2.05, 4.69) is 15.2 Å². The van der Waals surface area contributed by atoms with Gasteiger partial charge in [0.25, 0.3) is 5.56 Å². The monoisotopic (exact) mass is 167 g/mol. The summed E-state index contributed by atoms with van der Waals surface area (Å²) in [6.07, 6.45) is 1.29. The summed E-state index contributed by atoms with van der Waals surface area (Å²) < 4.78 is 0. The summed E-state index contributed by atoms with van der Waals surface area (Å²) in [7, 11) is 0. The molecule has 6 heteroatoms. The van der Waals surface area contributed by atoms with E-state index in [4.69, 9.17) is 11.5 Å². The van der Waals surface area contributed by atoms with Crippen molar-refractivity contribution in [3.8, 4) is 0 Å². The number of allylic oxidation sites excluding steroid dienone is 1. The van der Waals surface area contributed by atoms with E-state index < -0.39 is 0 Å². The molecule has 0 aromatic carbocycles. The number of rotatable bonds is 1. The van der Waals surface area contributed by atoms with E-state index in [9.17, 15) is 4.79 Å². The minimum Gasteiger partial charge on any atom is -0.404 e. The highest BCUT2D eigenvalue weighted by atomic mass is 16.1. The molecule has 0 aliphatic carbocycles. The van der Waals surface area contributed by atoms with E-state index in [1.165, 1.54) is 6.20 Å². The molecule has 0 unspecified atom stereocenters. The first-order valence-electron chi connectivity index (χ1n) is 3.26. The van der Waals surface area contributed by atoms with E-state index >= 15 is 0 Å². The number of nitrogens with two attached hydrogens (primary N) is 2. The molecule has 0 atom stereocenters. The second kappa shape index (κ2) is 3.04. The summed E-state index contributed by atoms with van der Waals surface area (Å²) in [5.41, 5.74) is 10.7. The Morgan fingerprint density at radius 1 is 1.58 bits per heavy atom. The van der Waals surface area contributed by atoms with Gasteiger partial charge in [-0.15, -0.1) is 10.2 Å². The predicted octanol–water partition coefficient (Wildman–Crippen LogP) is -0.933. The van der Waals surface area contributed by atoms with Crippen molar-refractivity contribution >= 4 is 11.5 Å². The Hall–Kier alpha value is -1.85. The number of hydrogen-bond acceptors (Lipinski definition) is 5. The molecule has 0 saturated heterocycles. The van der Waals surface area contributed by atoms with Crippen LogP contribution in [0.15, 0.2) is 11.0 Å². The molecule has 0 aliphatic rings. The zero-order valence-electron chi connectivity index (χ0n) is 6.53. The molecule has 0 saturated carbocycles. The average molecular weight is 167 g/mol. The molecular formula is C6H9N5O. The lowest BCUT2D eigenvalue weighted by Gasteiger charge is -1.96. The lowest BCUT2D eigenvalue weighted by atomic mass is 10.2. The second-order valence-electron chi connectivity index (χ2n) is 2.24. The molecule has 1 aromatic heterocycles. The molecule has 1 aromatic rings. The Morgan fingerprint density at radius 2 is 2.25 bits per heavy atom. The third kappa shape index (κ3) is 1.42. The van der Waals surface area contributed by atoms with Crippen LogP contribution < -0.4 is 17.0 Å². The minimum absolute atomic E-state index is 0.00595. The molecule has 0 amide bonds. The van der Waals surface area contributed by atoms with Gasteiger partial charge in [0.05, 0.1) is 0 Å². The summed E-state index contributed by atoms with van der Waals surface area (Å²) in [6.45, 7) is 1.66. The van der Waals surface area contributed by atoms with Gasteiger partial charge >= 0.3 is 0 Å². The van der Waals surface area contributed by atoms with Crippen molar-refractivity contribution in [3.63, 3.8) is 0 Å². The average Bonchev–Trinajstić information content (AvgIpc) is 2.03. The van der Waals surface area contributed by atoms with Crippen molar-refractivity contribution in [2.75, 3.05) is 5.73 Å². The molecule has 1 rings (SSSR count). The van der Waals surface area contributed by atoms with Gasteiger partial charge in [0.15, 0.2) is 5.69 Å². The Bertz CT molecular complexity index is 366. The molecular weight excluding hydrogens is 158 g/mol. The van der Waals surface area contributed by atoms with Gasteiger partial charge in [-0.2, -0.15) is 0 Å². The number of nitrogen functional groups attached to an aromatic ring is 1. The fourth-order valence-corrected chi connectivity index (χ4v) is 0.687. The smallest absolute Gasteiger partial charge is 0.278 e. The van der Waals surface area contributed by atoms with Crippen LogP contribution in [0.5, 0.6) is 0 Å². The largest absolute Gasteiger partial charge is 0.404 e. The van der Waals surface area contributed by atoms with Crippen molar-refractivity contribution in [2.24, 2.45) is 5.73 Å². The van der Waals surface area contributed by atoms with Crippen molar-refractivity contribution in [3.05, 3.63) is 22.2 Å². The normalized spacial score (nSPS) is 11.6. The van der Waals surface area contributed by atoms with Crippen LogP contribution in [0.2, 0.25) is 0 Å². The van der Waals surface area contributed by atoms with Gasteiger partial charge in [0.1, 0.15) is 0 Å². The molecule has 0 aliphatic heterocycles. The maximum atomic E-state index is 11.1. The Balaban J connectivity index is 3.28. The number of nitrogens with one attached hydrogen (secondary N) is 1. The van der Waals surface area contributed by atoms with E-state index in [1.54, 1.807) is 6.92 Å². The van der Waals surface area contributed by atoms with Crippen LogP contribution in [0.3, 0.4) is 0 Å². The number of aromatic nitrogens is 3. The van der Waals surface area contributed by atoms with E-state index in [1.807, 2.05) is 0 Å². The van der Waals surface area contributed by atoms with Crippen LogP contribution in [0.1, 0.15) is 12.6 Å². The lowest BCUT2D eigenvalue weighted by molar-refractivity contribution is 0.939. The Kier molecular flexibility index (Phi) is 2.09. The molecule has 64 valence electrons. The first-order valence-corrected chi connectivity index (χ1v) is 3.26. The molecule has 6 nitrogen and oxygen atoms in total. The number of aromatic amines is 1. The maximum Gasteiger partial charge on any atom is 0.278 e. The molecule has 0 spiro atoms. The van der Waals surface area contributed by atoms with Gasteiger partial charge in [-0.05, 0) is 18.7 Å². The van der Waals surface area contributed by atoms with Gasteiger partial charge < -0.3 is 11.5 Å². The fraction of sp³-hybridized carbons (Fsp3) is 0.167. The zero-order chi connectivity index (χ0) is 9.14. The Morgan fingerprint density at radius 3 is 2.75 bits per heavy atom. The molecule has 0 fully saturated rings. The van der Waals surface area contributed by atoms with Crippen LogP contribution in [0.4, 0.5) is 5.95 Å². The summed E-state index contributed by atoms with van der Waals surface area (Å²) in [5, 5.41) is 7.07. The number of nitrogens with zero attached hydrogens (tertiary/aromatic N) is 2.